The lowest BCUT2D eigenvalue weighted by Gasteiger charge is -2.30. The molecule has 7 nitrogen and oxygen atoms in total. The van der Waals surface area contributed by atoms with Gasteiger partial charge in [0.1, 0.15) is 12.4 Å². The average Bonchev–Trinajstić information content (AvgIpc) is 2.68. The molecule has 0 fully saturated rings. The molecule has 146 valence electrons. The van der Waals surface area contributed by atoms with Crippen LogP contribution in [0.4, 0.5) is 5.82 Å². The Balaban J connectivity index is 2.33. The molecule has 0 unspecified atom stereocenters. The first-order valence-corrected chi connectivity index (χ1v) is 8.96. The molecular formula is C20H20ClN3O4. The molecule has 1 aliphatic rings. The molecule has 1 N–H and O–H groups in total. The van der Waals surface area contributed by atoms with E-state index in [1.165, 1.54) is 17.7 Å². The summed E-state index contributed by atoms with van der Waals surface area (Å²) >= 11 is 6.01. The van der Waals surface area contributed by atoms with Gasteiger partial charge in [-0.15, -0.1) is 0 Å². The highest BCUT2D eigenvalue weighted by Gasteiger charge is 2.37. The number of aromatic nitrogens is 2. The first kappa shape index (κ1) is 19.7. The standard InChI is InChI=1S/C20H20ClN3O4/c1-5-10-28-19(26)14-11(2)22-17-16(18(25)24(4)20(27)23(17)3)15(14)12-6-8-13(21)9-7-12/h5-9,15,22H,1,10H2,2-4H3/t15-/m1/s1. The van der Waals surface area contributed by atoms with Crippen molar-refractivity contribution in [1.29, 1.82) is 0 Å². The maximum Gasteiger partial charge on any atom is 0.337 e. The Bertz CT molecular complexity index is 1110. The predicted octanol–water partition coefficient (Wildman–Crippen LogP) is 2.30. The summed E-state index contributed by atoms with van der Waals surface area (Å²) in [4.78, 5) is 38.2. The van der Waals surface area contributed by atoms with Crippen LogP contribution >= 0.6 is 11.6 Å². The highest BCUT2D eigenvalue weighted by atomic mass is 35.5. The van der Waals surface area contributed by atoms with Gasteiger partial charge in [-0.1, -0.05) is 36.4 Å². The Kier molecular flexibility index (Phi) is 5.29. The van der Waals surface area contributed by atoms with Gasteiger partial charge in [-0.25, -0.2) is 9.59 Å². The molecule has 1 aromatic heterocycles. The van der Waals surface area contributed by atoms with Gasteiger partial charge >= 0.3 is 11.7 Å². The second kappa shape index (κ2) is 7.52. The number of rotatable bonds is 4. The number of carbonyl (C=O) groups is 1. The number of halogens is 1. The maximum atomic E-state index is 13.0. The molecule has 3 rings (SSSR count). The number of anilines is 1. The maximum absolute atomic E-state index is 13.0. The van der Waals surface area contributed by atoms with Crippen molar-refractivity contribution in [3.63, 3.8) is 0 Å². The van der Waals surface area contributed by atoms with Gasteiger partial charge in [0, 0.05) is 24.8 Å². The van der Waals surface area contributed by atoms with Crippen LogP contribution in [0, 0.1) is 0 Å². The number of fused-ring (bicyclic) bond motifs is 1. The molecule has 0 spiro atoms. The Labute approximate surface area is 166 Å². The van der Waals surface area contributed by atoms with Gasteiger partial charge in [-0.05, 0) is 24.6 Å². The van der Waals surface area contributed by atoms with Crippen LogP contribution in [0.15, 0.2) is 57.8 Å². The minimum atomic E-state index is -0.712. The van der Waals surface area contributed by atoms with E-state index in [1.807, 2.05) is 0 Å². The normalized spacial score (nSPS) is 15.6. The van der Waals surface area contributed by atoms with E-state index in [0.29, 0.717) is 33.2 Å². The lowest BCUT2D eigenvalue weighted by molar-refractivity contribution is -0.138. The van der Waals surface area contributed by atoms with Gasteiger partial charge in [0.2, 0.25) is 0 Å². The Hall–Kier alpha value is -3.06. The molecule has 0 aliphatic carbocycles. The molecular weight excluding hydrogens is 382 g/mol. The van der Waals surface area contributed by atoms with Crippen LogP contribution in [-0.2, 0) is 23.6 Å². The second-order valence-corrected chi connectivity index (χ2v) is 6.94. The third kappa shape index (κ3) is 3.18. The first-order valence-electron chi connectivity index (χ1n) is 8.59. The van der Waals surface area contributed by atoms with Crippen molar-refractivity contribution in [3.8, 4) is 0 Å². The summed E-state index contributed by atoms with van der Waals surface area (Å²) in [5.74, 6) is -0.923. The molecule has 0 bridgehead atoms. The fourth-order valence-electron chi connectivity index (χ4n) is 3.36. The van der Waals surface area contributed by atoms with Gasteiger partial charge < -0.3 is 10.1 Å². The van der Waals surface area contributed by atoms with Crippen LogP contribution in [0.3, 0.4) is 0 Å². The van der Waals surface area contributed by atoms with E-state index in [-0.39, 0.29) is 6.61 Å². The largest absolute Gasteiger partial charge is 0.458 e. The molecule has 2 heterocycles. The SMILES string of the molecule is C=CCOC(=O)C1=C(C)Nc2c(c(=O)n(C)c(=O)n2C)[C@@H]1c1ccc(Cl)cc1. The molecule has 1 aromatic carbocycles. The summed E-state index contributed by atoms with van der Waals surface area (Å²) in [5.41, 5.74) is 0.844. The summed E-state index contributed by atoms with van der Waals surface area (Å²) in [6.45, 7) is 5.30. The summed E-state index contributed by atoms with van der Waals surface area (Å²) in [6, 6.07) is 6.88. The van der Waals surface area contributed by atoms with E-state index >= 15 is 0 Å². The molecule has 0 radical (unpaired) electrons. The van der Waals surface area contributed by atoms with Crippen molar-refractivity contribution in [2.75, 3.05) is 11.9 Å². The van der Waals surface area contributed by atoms with Crippen molar-refractivity contribution in [2.24, 2.45) is 14.1 Å². The van der Waals surface area contributed by atoms with E-state index in [0.717, 1.165) is 4.57 Å². The van der Waals surface area contributed by atoms with Crippen molar-refractivity contribution < 1.29 is 9.53 Å². The highest BCUT2D eigenvalue weighted by Crippen LogP contribution is 2.40. The van der Waals surface area contributed by atoms with Gasteiger partial charge in [0.15, 0.2) is 0 Å². The van der Waals surface area contributed by atoms with Gasteiger partial charge in [0.25, 0.3) is 5.56 Å². The molecule has 0 amide bonds. The number of allylic oxidation sites excluding steroid dienone is 1. The molecule has 1 aliphatic heterocycles. The van der Waals surface area contributed by atoms with Gasteiger partial charge in [-0.3, -0.25) is 13.9 Å². The quantitative estimate of drug-likeness (QED) is 0.628. The molecule has 2 aromatic rings. The Morgan fingerprint density at radius 1 is 1.25 bits per heavy atom. The number of esters is 1. The molecule has 8 heteroatoms. The zero-order valence-corrected chi connectivity index (χ0v) is 16.5. The molecule has 1 atom stereocenters. The first-order chi connectivity index (χ1) is 13.3. The van der Waals surface area contributed by atoms with E-state index in [9.17, 15) is 14.4 Å². The van der Waals surface area contributed by atoms with Crippen molar-refractivity contribution in [2.45, 2.75) is 12.8 Å². The Morgan fingerprint density at radius 2 is 1.89 bits per heavy atom. The molecule has 0 saturated carbocycles. The lowest BCUT2D eigenvalue weighted by atomic mass is 9.82. The van der Waals surface area contributed by atoms with Gasteiger partial charge in [-0.2, -0.15) is 0 Å². The smallest absolute Gasteiger partial charge is 0.337 e. The fraction of sp³-hybridized carbons (Fsp3) is 0.250. The zero-order chi connectivity index (χ0) is 20.6. The van der Waals surface area contributed by atoms with E-state index in [4.69, 9.17) is 16.3 Å². The topological polar surface area (TPSA) is 82.3 Å². The number of nitrogens with zero attached hydrogens (tertiary/aromatic N) is 2. The van der Waals surface area contributed by atoms with Crippen LogP contribution in [0.2, 0.25) is 5.02 Å². The van der Waals surface area contributed by atoms with E-state index < -0.39 is 23.1 Å². The van der Waals surface area contributed by atoms with Crippen molar-refractivity contribution in [3.05, 3.63) is 85.2 Å². The lowest BCUT2D eigenvalue weighted by Crippen LogP contribution is -2.43. The predicted molar refractivity (Wildman–Crippen MR) is 108 cm³/mol. The minimum Gasteiger partial charge on any atom is -0.458 e. The number of nitrogens with one attached hydrogen (secondary N) is 1. The van der Waals surface area contributed by atoms with Crippen LogP contribution in [0.1, 0.15) is 24.0 Å². The van der Waals surface area contributed by atoms with Crippen molar-refractivity contribution in [1.82, 2.24) is 9.13 Å². The number of benzene rings is 1. The fourth-order valence-corrected chi connectivity index (χ4v) is 3.49. The third-order valence-corrected chi connectivity index (χ3v) is 4.99. The highest BCUT2D eigenvalue weighted by molar-refractivity contribution is 6.30. The van der Waals surface area contributed by atoms with Crippen molar-refractivity contribution >= 4 is 23.4 Å². The van der Waals surface area contributed by atoms with Crippen LogP contribution in [-0.4, -0.2) is 21.7 Å². The summed E-state index contributed by atoms with van der Waals surface area (Å²) < 4.78 is 7.64. The number of hydrogen-bond acceptors (Lipinski definition) is 5. The number of ether oxygens (including phenoxy) is 1. The van der Waals surface area contributed by atoms with Crippen LogP contribution < -0.4 is 16.6 Å². The van der Waals surface area contributed by atoms with Crippen LogP contribution in [0.25, 0.3) is 0 Å². The van der Waals surface area contributed by atoms with E-state index in [2.05, 4.69) is 11.9 Å². The summed E-state index contributed by atoms with van der Waals surface area (Å²) in [6.07, 6.45) is 1.47. The zero-order valence-electron chi connectivity index (χ0n) is 15.8. The average molecular weight is 402 g/mol. The Morgan fingerprint density at radius 3 is 2.50 bits per heavy atom. The number of hydrogen-bond donors (Lipinski definition) is 1. The number of carbonyl (C=O) groups excluding carboxylic acids is 1. The molecule has 28 heavy (non-hydrogen) atoms. The monoisotopic (exact) mass is 401 g/mol. The third-order valence-electron chi connectivity index (χ3n) is 4.74. The molecule has 0 saturated heterocycles. The summed E-state index contributed by atoms with van der Waals surface area (Å²) in [7, 11) is 2.98. The van der Waals surface area contributed by atoms with Crippen LogP contribution in [0.5, 0.6) is 0 Å². The summed E-state index contributed by atoms with van der Waals surface area (Å²) in [5, 5.41) is 3.56. The van der Waals surface area contributed by atoms with E-state index in [1.54, 1.807) is 38.2 Å². The second-order valence-electron chi connectivity index (χ2n) is 6.50. The minimum absolute atomic E-state index is 0.0428. The van der Waals surface area contributed by atoms with Gasteiger partial charge in [0.05, 0.1) is 17.1 Å².